The Bertz CT molecular complexity index is 255. The van der Waals surface area contributed by atoms with Gasteiger partial charge in [-0.2, -0.15) is 0 Å². The summed E-state index contributed by atoms with van der Waals surface area (Å²) in [7, 11) is 0. The second kappa shape index (κ2) is 2.91. The molecule has 3 aliphatic carbocycles. The first-order chi connectivity index (χ1) is 6.18. The fourth-order valence-electron chi connectivity index (χ4n) is 2.43. The van der Waals surface area contributed by atoms with Crippen molar-refractivity contribution in [1.82, 2.24) is 0 Å². The molecule has 3 aliphatic rings. The van der Waals surface area contributed by atoms with Gasteiger partial charge in [-0.3, -0.25) is 9.59 Å². The molecule has 0 N–H and O–H groups in total. The second-order valence-corrected chi connectivity index (χ2v) is 3.93. The van der Waals surface area contributed by atoms with Crippen LogP contribution in [0.25, 0.3) is 0 Å². The molecule has 3 saturated carbocycles. The van der Waals surface area contributed by atoms with Gasteiger partial charge in [0.25, 0.3) is 0 Å². The van der Waals surface area contributed by atoms with Crippen LogP contribution in [-0.2, 0) is 14.3 Å². The number of fused-ring (bicyclic) bond motifs is 3. The van der Waals surface area contributed by atoms with Gasteiger partial charge in [0.15, 0.2) is 5.78 Å². The van der Waals surface area contributed by atoms with Gasteiger partial charge < -0.3 is 4.74 Å². The molecule has 0 saturated heterocycles. The number of Topliss-reactive ketones (excluding diaryl/α,β-unsaturated/α-hetero) is 2. The normalized spacial score (nSPS) is 38.4. The molecule has 2 atom stereocenters. The molecule has 0 aromatic heterocycles. The van der Waals surface area contributed by atoms with Crippen LogP contribution in [0.3, 0.4) is 0 Å². The van der Waals surface area contributed by atoms with Crippen molar-refractivity contribution in [3.05, 3.63) is 0 Å². The summed E-state index contributed by atoms with van der Waals surface area (Å²) in [4.78, 5) is 23.1. The summed E-state index contributed by atoms with van der Waals surface area (Å²) in [5.74, 6) is 0.374. The molecule has 3 heteroatoms. The van der Waals surface area contributed by atoms with E-state index < -0.39 is 5.60 Å². The molecule has 3 nitrogen and oxygen atoms in total. The first-order valence-corrected chi connectivity index (χ1v) is 4.88. The smallest absolute Gasteiger partial charge is 0.165 e. The Morgan fingerprint density at radius 3 is 2.85 bits per heavy atom. The maximum atomic E-state index is 11.6. The largest absolute Gasteiger partial charge is 0.367 e. The predicted octanol–water partition coefficient (Wildman–Crippen LogP) is 1.10. The highest BCUT2D eigenvalue weighted by atomic mass is 16.5. The first kappa shape index (κ1) is 8.88. The van der Waals surface area contributed by atoms with Gasteiger partial charge in [-0.15, -0.1) is 0 Å². The molecule has 2 unspecified atom stereocenters. The summed E-state index contributed by atoms with van der Waals surface area (Å²) in [5, 5.41) is 0. The minimum absolute atomic E-state index is 0.00910. The van der Waals surface area contributed by atoms with Gasteiger partial charge >= 0.3 is 0 Å². The molecule has 0 amide bonds. The number of ether oxygens (including phenoxy) is 1. The van der Waals surface area contributed by atoms with Crippen LogP contribution in [-0.4, -0.2) is 23.8 Å². The number of ketones is 2. The standard InChI is InChI=1S/C10H14O3/c1-2-13-10-4-3-7(5-9(10)12)8(11)6-10/h7H,2-6H2,1H3. The summed E-state index contributed by atoms with van der Waals surface area (Å²) in [6.45, 7) is 2.39. The van der Waals surface area contributed by atoms with Crippen molar-refractivity contribution in [1.29, 1.82) is 0 Å². The lowest BCUT2D eigenvalue weighted by Gasteiger charge is -2.43. The third-order valence-electron chi connectivity index (χ3n) is 3.17. The van der Waals surface area contributed by atoms with E-state index in [0.29, 0.717) is 19.4 Å². The molecule has 0 aliphatic heterocycles. The summed E-state index contributed by atoms with van der Waals surface area (Å²) in [6, 6.07) is 0. The molecule has 0 heterocycles. The van der Waals surface area contributed by atoms with E-state index in [1.807, 2.05) is 6.92 Å². The summed E-state index contributed by atoms with van der Waals surface area (Å²) >= 11 is 0. The van der Waals surface area contributed by atoms with E-state index in [1.165, 1.54) is 0 Å². The van der Waals surface area contributed by atoms with Gasteiger partial charge in [-0.1, -0.05) is 0 Å². The maximum absolute atomic E-state index is 11.6. The Morgan fingerprint density at radius 2 is 2.31 bits per heavy atom. The molecule has 3 rings (SSSR count). The molecule has 0 aromatic carbocycles. The van der Waals surface area contributed by atoms with Crippen LogP contribution in [0.1, 0.15) is 32.6 Å². The van der Waals surface area contributed by atoms with Gasteiger partial charge in [-0.05, 0) is 19.8 Å². The van der Waals surface area contributed by atoms with E-state index in [2.05, 4.69) is 0 Å². The van der Waals surface area contributed by atoms with Crippen molar-refractivity contribution in [3.8, 4) is 0 Å². The Labute approximate surface area is 77.4 Å². The average Bonchev–Trinajstić information content (AvgIpc) is 2.08. The number of carbonyl (C=O) groups is 2. The van der Waals surface area contributed by atoms with E-state index in [1.54, 1.807) is 0 Å². The lowest BCUT2D eigenvalue weighted by atomic mass is 9.66. The summed E-state index contributed by atoms with van der Waals surface area (Å²) in [6.07, 6.45) is 2.32. The Hall–Kier alpha value is -0.700. The molecule has 3 fully saturated rings. The molecular formula is C10H14O3. The zero-order chi connectivity index (χ0) is 9.47. The molecular weight excluding hydrogens is 168 g/mol. The van der Waals surface area contributed by atoms with Crippen LogP contribution in [0.4, 0.5) is 0 Å². The van der Waals surface area contributed by atoms with Crippen LogP contribution in [0, 0.1) is 5.92 Å². The lowest BCUT2D eigenvalue weighted by Crippen LogP contribution is -2.54. The lowest BCUT2D eigenvalue weighted by molar-refractivity contribution is -0.167. The third-order valence-corrected chi connectivity index (χ3v) is 3.17. The van der Waals surface area contributed by atoms with Gasteiger partial charge in [0.05, 0.1) is 0 Å². The maximum Gasteiger partial charge on any atom is 0.165 e. The van der Waals surface area contributed by atoms with Crippen molar-refractivity contribution in [2.45, 2.75) is 38.2 Å². The minimum Gasteiger partial charge on any atom is -0.367 e. The van der Waals surface area contributed by atoms with Crippen LogP contribution in [0.2, 0.25) is 0 Å². The average molecular weight is 182 g/mol. The van der Waals surface area contributed by atoms with Gasteiger partial charge in [-0.25, -0.2) is 0 Å². The summed E-state index contributed by atoms with van der Waals surface area (Å²) < 4.78 is 5.47. The highest BCUT2D eigenvalue weighted by Gasteiger charge is 2.51. The van der Waals surface area contributed by atoms with E-state index in [4.69, 9.17) is 4.74 Å². The molecule has 0 aromatic rings. The zero-order valence-corrected chi connectivity index (χ0v) is 7.84. The van der Waals surface area contributed by atoms with E-state index in [-0.39, 0.29) is 17.5 Å². The van der Waals surface area contributed by atoms with Crippen molar-refractivity contribution >= 4 is 11.6 Å². The van der Waals surface area contributed by atoms with Crippen molar-refractivity contribution in [2.24, 2.45) is 5.92 Å². The number of rotatable bonds is 2. The van der Waals surface area contributed by atoms with Gasteiger partial charge in [0.2, 0.25) is 0 Å². The molecule has 0 spiro atoms. The molecule has 72 valence electrons. The van der Waals surface area contributed by atoms with Crippen LogP contribution < -0.4 is 0 Å². The predicted molar refractivity (Wildman–Crippen MR) is 46.3 cm³/mol. The monoisotopic (exact) mass is 182 g/mol. The fraction of sp³-hybridized carbons (Fsp3) is 0.800. The van der Waals surface area contributed by atoms with Crippen molar-refractivity contribution < 1.29 is 14.3 Å². The van der Waals surface area contributed by atoms with Crippen LogP contribution in [0.15, 0.2) is 0 Å². The van der Waals surface area contributed by atoms with Crippen LogP contribution in [0.5, 0.6) is 0 Å². The quantitative estimate of drug-likeness (QED) is 0.642. The fourth-order valence-corrected chi connectivity index (χ4v) is 2.43. The molecule has 2 bridgehead atoms. The molecule has 13 heavy (non-hydrogen) atoms. The third kappa shape index (κ3) is 1.22. The summed E-state index contributed by atoms with van der Waals surface area (Å²) in [5.41, 5.74) is -0.722. The van der Waals surface area contributed by atoms with Crippen molar-refractivity contribution in [2.75, 3.05) is 6.61 Å². The zero-order valence-electron chi connectivity index (χ0n) is 7.84. The highest BCUT2D eigenvalue weighted by molar-refractivity contribution is 6.01. The van der Waals surface area contributed by atoms with Crippen LogP contribution >= 0.6 is 0 Å². The van der Waals surface area contributed by atoms with Gasteiger partial charge in [0.1, 0.15) is 11.4 Å². The topological polar surface area (TPSA) is 43.4 Å². The van der Waals surface area contributed by atoms with E-state index in [0.717, 1.165) is 12.8 Å². The SMILES string of the molecule is CCOC12CCC(CC1=O)C(=O)C2. The Kier molecular flexibility index (Phi) is 1.99. The van der Waals surface area contributed by atoms with Crippen molar-refractivity contribution in [3.63, 3.8) is 0 Å². The highest BCUT2D eigenvalue weighted by Crippen LogP contribution is 2.42. The first-order valence-electron chi connectivity index (χ1n) is 4.88. The number of carbonyl (C=O) groups excluding carboxylic acids is 2. The van der Waals surface area contributed by atoms with E-state index in [9.17, 15) is 9.59 Å². The minimum atomic E-state index is -0.722. The Balaban J connectivity index is 2.24. The van der Waals surface area contributed by atoms with Gasteiger partial charge in [0, 0.05) is 25.4 Å². The number of hydrogen-bond acceptors (Lipinski definition) is 3. The van der Waals surface area contributed by atoms with E-state index >= 15 is 0 Å². The Morgan fingerprint density at radius 1 is 1.54 bits per heavy atom. The second-order valence-electron chi connectivity index (χ2n) is 3.93. The molecule has 0 radical (unpaired) electrons. The number of hydrogen-bond donors (Lipinski definition) is 0.